The van der Waals surface area contributed by atoms with Gasteiger partial charge in [0.25, 0.3) is 0 Å². The van der Waals surface area contributed by atoms with Crippen molar-refractivity contribution in [1.29, 1.82) is 0 Å². The van der Waals surface area contributed by atoms with E-state index in [2.05, 4.69) is 42.6 Å². The molecule has 1 aromatic carbocycles. The summed E-state index contributed by atoms with van der Waals surface area (Å²) in [7, 11) is 0. The second kappa shape index (κ2) is 3.72. The van der Waals surface area contributed by atoms with Crippen molar-refractivity contribution in [3.8, 4) is 0 Å². The predicted octanol–water partition coefficient (Wildman–Crippen LogP) is 3.40. The van der Waals surface area contributed by atoms with Gasteiger partial charge in [-0.15, -0.1) is 11.3 Å². The molecule has 0 fully saturated rings. The van der Waals surface area contributed by atoms with Gasteiger partial charge in [0.15, 0.2) is 0 Å². The fourth-order valence-corrected chi connectivity index (χ4v) is 3.24. The summed E-state index contributed by atoms with van der Waals surface area (Å²) in [5.74, 6) is 0.519. The number of thiophene rings is 1. The van der Waals surface area contributed by atoms with E-state index in [-0.39, 0.29) is 6.04 Å². The standard InChI is InChI=1S/C14H15NS/c1-9-6-11(8-16-9)14(15)13-7-10-4-2-3-5-12(10)13/h2-6,8,13-14H,7,15H2,1H3. The summed E-state index contributed by atoms with van der Waals surface area (Å²) in [5.41, 5.74) is 10.5. The quantitative estimate of drug-likeness (QED) is 0.839. The molecule has 2 aromatic rings. The van der Waals surface area contributed by atoms with Crippen molar-refractivity contribution in [2.24, 2.45) is 5.73 Å². The molecule has 0 radical (unpaired) electrons. The highest BCUT2D eigenvalue weighted by Gasteiger charge is 2.31. The molecule has 0 saturated carbocycles. The van der Waals surface area contributed by atoms with E-state index in [1.54, 1.807) is 11.3 Å². The van der Waals surface area contributed by atoms with Gasteiger partial charge in [0.2, 0.25) is 0 Å². The summed E-state index contributed by atoms with van der Waals surface area (Å²) >= 11 is 1.79. The summed E-state index contributed by atoms with van der Waals surface area (Å²) in [5, 5.41) is 2.20. The smallest absolute Gasteiger partial charge is 0.0376 e. The Labute approximate surface area is 99.9 Å². The molecule has 2 heteroatoms. The van der Waals surface area contributed by atoms with Gasteiger partial charge in [0.1, 0.15) is 0 Å². The zero-order valence-electron chi connectivity index (χ0n) is 9.31. The molecule has 1 aliphatic rings. The third-order valence-electron chi connectivity index (χ3n) is 3.46. The number of hydrogen-bond acceptors (Lipinski definition) is 2. The molecule has 0 spiro atoms. The molecule has 1 nitrogen and oxygen atoms in total. The molecule has 2 atom stereocenters. The van der Waals surface area contributed by atoms with Crippen LogP contribution in [-0.4, -0.2) is 0 Å². The normalized spacial score (nSPS) is 20.0. The van der Waals surface area contributed by atoms with Crippen LogP contribution < -0.4 is 5.73 Å². The van der Waals surface area contributed by atoms with Crippen LogP contribution in [0.3, 0.4) is 0 Å². The van der Waals surface area contributed by atoms with Crippen LogP contribution in [0.25, 0.3) is 0 Å². The van der Waals surface area contributed by atoms with E-state index in [1.165, 1.54) is 21.6 Å². The highest BCUT2D eigenvalue weighted by atomic mass is 32.1. The highest BCUT2D eigenvalue weighted by Crippen LogP contribution is 2.42. The summed E-state index contributed by atoms with van der Waals surface area (Å²) in [6, 6.07) is 11.0. The topological polar surface area (TPSA) is 26.0 Å². The lowest BCUT2D eigenvalue weighted by Gasteiger charge is -2.34. The average Bonchev–Trinajstić information content (AvgIpc) is 2.67. The van der Waals surface area contributed by atoms with Crippen LogP contribution in [0.15, 0.2) is 35.7 Å². The largest absolute Gasteiger partial charge is 0.323 e. The lowest BCUT2D eigenvalue weighted by atomic mass is 9.72. The molecule has 0 saturated heterocycles. The minimum atomic E-state index is 0.167. The number of fused-ring (bicyclic) bond motifs is 1. The van der Waals surface area contributed by atoms with Gasteiger partial charge in [0, 0.05) is 16.8 Å². The molecule has 0 bridgehead atoms. The van der Waals surface area contributed by atoms with Crippen molar-refractivity contribution in [1.82, 2.24) is 0 Å². The highest BCUT2D eigenvalue weighted by molar-refractivity contribution is 7.10. The van der Waals surface area contributed by atoms with Crippen LogP contribution in [0.5, 0.6) is 0 Å². The number of hydrogen-bond donors (Lipinski definition) is 1. The molecule has 16 heavy (non-hydrogen) atoms. The van der Waals surface area contributed by atoms with Crippen molar-refractivity contribution in [3.05, 3.63) is 57.3 Å². The first-order valence-electron chi connectivity index (χ1n) is 5.64. The first kappa shape index (κ1) is 10.1. The fraction of sp³-hybridized carbons (Fsp3) is 0.286. The maximum atomic E-state index is 6.34. The lowest BCUT2D eigenvalue weighted by Crippen LogP contribution is -2.28. The predicted molar refractivity (Wildman–Crippen MR) is 68.9 cm³/mol. The van der Waals surface area contributed by atoms with Gasteiger partial charge in [-0.1, -0.05) is 24.3 Å². The van der Waals surface area contributed by atoms with E-state index in [1.807, 2.05) is 0 Å². The van der Waals surface area contributed by atoms with Gasteiger partial charge in [-0.2, -0.15) is 0 Å². The van der Waals surface area contributed by atoms with Gasteiger partial charge in [-0.05, 0) is 41.5 Å². The van der Waals surface area contributed by atoms with Crippen LogP contribution in [0.1, 0.15) is 33.5 Å². The van der Waals surface area contributed by atoms with E-state index in [0.717, 1.165) is 6.42 Å². The zero-order valence-corrected chi connectivity index (χ0v) is 10.1. The monoisotopic (exact) mass is 229 g/mol. The second-order valence-electron chi connectivity index (χ2n) is 4.53. The minimum Gasteiger partial charge on any atom is -0.323 e. The van der Waals surface area contributed by atoms with Crippen LogP contribution >= 0.6 is 11.3 Å². The summed E-state index contributed by atoms with van der Waals surface area (Å²) in [6.07, 6.45) is 1.13. The van der Waals surface area contributed by atoms with Gasteiger partial charge in [-0.3, -0.25) is 0 Å². The Morgan fingerprint density at radius 1 is 1.38 bits per heavy atom. The Kier molecular flexibility index (Phi) is 2.34. The second-order valence-corrected chi connectivity index (χ2v) is 5.64. The number of benzene rings is 1. The molecular weight excluding hydrogens is 214 g/mol. The first-order valence-corrected chi connectivity index (χ1v) is 6.52. The Balaban J connectivity index is 1.87. The minimum absolute atomic E-state index is 0.167. The van der Waals surface area contributed by atoms with Crippen molar-refractivity contribution in [3.63, 3.8) is 0 Å². The lowest BCUT2D eigenvalue weighted by molar-refractivity contribution is 0.501. The van der Waals surface area contributed by atoms with Crippen LogP contribution in [-0.2, 0) is 6.42 Å². The Bertz CT molecular complexity index is 515. The Hall–Kier alpha value is -1.12. The summed E-state index contributed by atoms with van der Waals surface area (Å²) in [4.78, 5) is 1.35. The van der Waals surface area contributed by atoms with Gasteiger partial charge in [-0.25, -0.2) is 0 Å². The fourth-order valence-electron chi connectivity index (χ4n) is 2.49. The van der Waals surface area contributed by atoms with Gasteiger partial charge < -0.3 is 5.73 Å². The van der Waals surface area contributed by atoms with E-state index in [9.17, 15) is 0 Å². The average molecular weight is 229 g/mol. The van der Waals surface area contributed by atoms with Crippen molar-refractivity contribution >= 4 is 11.3 Å². The SMILES string of the molecule is Cc1cc(C(N)C2Cc3ccccc32)cs1. The Morgan fingerprint density at radius 3 is 2.88 bits per heavy atom. The molecule has 1 aromatic heterocycles. The summed E-state index contributed by atoms with van der Waals surface area (Å²) in [6.45, 7) is 2.13. The maximum absolute atomic E-state index is 6.34. The molecule has 0 aliphatic heterocycles. The maximum Gasteiger partial charge on any atom is 0.0376 e. The first-order chi connectivity index (χ1) is 7.75. The van der Waals surface area contributed by atoms with Crippen LogP contribution in [0, 0.1) is 6.92 Å². The van der Waals surface area contributed by atoms with Gasteiger partial charge >= 0.3 is 0 Å². The molecule has 2 N–H and O–H groups in total. The van der Waals surface area contributed by atoms with E-state index in [0.29, 0.717) is 5.92 Å². The third kappa shape index (κ3) is 1.49. The molecule has 3 rings (SSSR count). The van der Waals surface area contributed by atoms with Crippen molar-refractivity contribution < 1.29 is 0 Å². The van der Waals surface area contributed by atoms with Gasteiger partial charge in [0.05, 0.1) is 0 Å². The Morgan fingerprint density at radius 2 is 2.19 bits per heavy atom. The van der Waals surface area contributed by atoms with Crippen LogP contribution in [0.4, 0.5) is 0 Å². The summed E-state index contributed by atoms with van der Waals surface area (Å²) < 4.78 is 0. The molecule has 1 heterocycles. The third-order valence-corrected chi connectivity index (χ3v) is 4.34. The molecule has 0 amide bonds. The number of nitrogens with two attached hydrogens (primary N) is 1. The van der Waals surface area contributed by atoms with Crippen molar-refractivity contribution in [2.75, 3.05) is 0 Å². The van der Waals surface area contributed by atoms with E-state index < -0.39 is 0 Å². The molecule has 2 unspecified atom stereocenters. The van der Waals surface area contributed by atoms with E-state index >= 15 is 0 Å². The van der Waals surface area contributed by atoms with Crippen LogP contribution in [0.2, 0.25) is 0 Å². The zero-order chi connectivity index (χ0) is 11.1. The number of aryl methyl sites for hydroxylation is 1. The molecule has 82 valence electrons. The molecule has 1 aliphatic carbocycles. The number of rotatable bonds is 2. The van der Waals surface area contributed by atoms with Crippen molar-refractivity contribution in [2.45, 2.75) is 25.3 Å². The van der Waals surface area contributed by atoms with E-state index in [4.69, 9.17) is 5.73 Å². The molecular formula is C14H15NS.